The van der Waals surface area contributed by atoms with Crippen LogP contribution < -0.4 is 10.9 Å². The number of aromatic hydroxyl groups is 1. The molecule has 1 aromatic carbocycles. The van der Waals surface area contributed by atoms with Gasteiger partial charge in [0.25, 0.3) is 11.5 Å². The Bertz CT molecular complexity index is 938. The monoisotopic (exact) mass is 383 g/mol. The molecule has 4 rings (SSSR count). The minimum absolute atomic E-state index is 0.0514. The minimum Gasteiger partial charge on any atom is -0.506 e. The Balaban J connectivity index is 1.68. The third-order valence-corrected chi connectivity index (χ3v) is 6.54. The van der Waals surface area contributed by atoms with E-state index in [0.717, 1.165) is 25.7 Å². The number of benzene rings is 1. The van der Waals surface area contributed by atoms with Crippen molar-refractivity contribution in [2.45, 2.75) is 70.1 Å². The molecule has 150 valence electrons. The number of aryl methyl sites for hydroxylation is 1. The second kappa shape index (κ2) is 7.59. The van der Waals surface area contributed by atoms with Crippen LogP contribution >= 0.6 is 0 Å². The quantitative estimate of drug-likeness (QED) is 0.833. The van der Waals surface area contributed by atoms with E-state index in [1.165, 1.54) is 12.8 Å². The number of nitrogens with one attached hydrogen (secondary N) is 1. The number of aromatic nitrogens is 1. The first-order valence-corrected chi connectivity index (χ1v) is 10.4. The van der Waals surface area contributed by atoms with E-state index >= 15 is 0 Å². The van der Waals surface area contributed by atoms with E-state index in [0.29, 0.717) is 29.5 Å². The summed E-state index contributed by atoms with van der Waals surface area (Å²) < 4.78 is 1.63. The molecule has 6 heteroatoms. The van der Waals surface area contributed by atoms with Crippen LogP contribution in [0, 0.1) is 0 Å². The molecule has 2 fully saturated rings. The van der Waals surface area contributed by atoms with Crippen LogP contribution in [0.3, 0.4) is 0 Å². The van der Waals surface area contributed by atoms with Crippen LogP contribution in [0.4, 0.5) is 0 Å². The first-order chi connectivity index (χ1) is 13.5. The average Bonchev–Trinajstić information content (AvgIpc) is 2.89. The highest BCUT2D eigenvalue weighted by Gasteiger charge is 2.39. The van der Waals surface area contributed by atoms with E-state index in [-0.39, 0.29) is 17.4 Å². The molecule has 1 amide bonds. The molecular weight excluding hydrogens is 354 g/mol. The number of para-hydroxylation sites is 1. The Labute approximate surface area is 165 Å². The molecule has 3 heterocycles. The van der Waals surface area contributed by atoms with Gasteiger partial charge in [0.15, 0.2) is 0 Å². The van der Waals surface area contributed by atoms with Crippen molar-refractivity contribution in [2.75, 3.05) is 7.05 Å². The van der Waals surface area contributed by atoms with Crippen molar-refractivity contribution < 1.29 is 9.90 Å². The average molecular weight is 383 g/mol. The summed E-state index contributed by atoms with van der Waals surface area (Å²) in [6.45, 7) is 2.60. The maximum atomic E-state index is 13.1. The maximum absolute atomic E-state index is 13.1. The first kappa shape index (κ1) is 19.0. The van der Waals surface area contributed by atoms with Gasteiger partial charge in [-0.3, -0.25) is 9.59 Å². The van der Waals surface area contributed by atoms with Crippen LogP contribution in [0.25, 0.3) is 10.9 Å². The van der Waals surface area contributed by atoms with Crippen LogP contribution in [0.1, 0.15) is 55.8 Å². The molecule has 2 aromatic rings. The fraction of sp³-hybridized carbons (Fsp3) is 0.545. The molecule has 0 saturated carbocycles. The van der Waals surface area contributed by atoms with Crippen molar-refractivity contribution in [1.29, 1.82) is 0 Å². The zero-order chi connectivity index (χ0) is 19.8. The maximum Gasteiger partial charge on any atom is 0.267 e. The van der Waals surface area contributed by atoms with Gasteiger partial charge in [-0.15, -0.1) is 0 Å². The zero-order valence-corrected chi connectivity index (χ0v) is 16.6. The lowest BCUT2D eigenvalue weighted by Gasteiger charge is -2.36. The predicted octanol–water partition coefficient (Wildman–Crippen LogP) is 2.86. The first-order valence-electron chi connectivity index (χ1n) is 10.4. The molecule has 1 aromatic heterocycles. The van der Waals surface area contributed by atoms with Gasteiger partial charge in [0.2, 0.25) is 0 Å². The normalized spacial score (nSPS) is 24.6. The summed E-state index contributed by atoms with van der Waals surface area (Å²) in [5.41, 5.74) is 0.145. The fourth-order valence-electron chi connectivity index (χ4n) is 4.92. The summed E-state index contributed by atoms with van der Waals surface area (Å²) in [6.07, 6.45) is 5.92. The highest BCUT2D eigenvalue weighted by Crippen LogP contribution is 2.34. The predicted molar refractivity (Wildman–Crippen MR) is 110 cm³/mol. The standard InChI is InChI=1S/C22H29N3O3/c1-3-4-11-25-18-8-6-5-7-17(18)20(26)19(22(25)28)21(27)23-14-12-15-9-10-16(13-14)24(15)2/h5-8,14-16,26H,3-4,9-13H2,1-2H3,(H,23,27). The summed E-state index contributed by atoms with van der Waals surface area (Å²) in [5.74, 6) is -0.658. The third-order valence-electron chi connectivity index (χ3n) is 6.54. The van der Waals surface area contributed by atoms with Gasteiger partial charge in [0.1, 0.15) is 11.3 Å². The molecule has 28 heavy (non-hydrogen) atoms. The fourth-order valence-corrected chi connectivity index (χ4v) is 4.92. The van der Waals surface area contributed by atoms with E-state index in [9.17, 15) is 14.7 Å². The van der Waals surface area contributed by atoms with Crippen molar-refractivity contribution in [3.63, 3.8) is 0 Å². The van der Waals surface area contributed by atoms with Crippen molar-refractivity contribution in [2.24, 2.45) is 0 Å². The largest absolute Gasteiger partial charge is 0.506 e. The number of carbonyl (C=O) groups is 1. The van der Waals surface area contributed by atoms with Crippen molar-refractivity contribution >= 4 is 16.8 Å². The topological polar surface area (TPSA) is 74.6 Å². The van der Waals surface area contributed by atoms with E-state index in [4.69, 9.17) is 0 Å². The number of amides is 1. The van der Waals surface area contributed by atoms with Gasteiger partial charge in [0, 0.05) is 30.1 Å². The van der Waals surface area contributed by atoms with Crippen molar-refractivity contribution in [3.8, 4) is 5.75 Å². The van der Waals surface area contributed by atoms with Gasteiger partial charge in [0.05, 0.1) is 5.52 Å². The van der Waals surface area contributed by atoms with Gasteiger partial charge < -0.3 is 19.9 Å². The lowest BCUT2D eigenvalue weighted by Crippen LogP contribution is -2.49. The lowest BCUT2D eigenvalue weighted by molar-refractivity contribution is 0.0878. The second-order valence-electron chi connectivity index (χ2n) is 8.24. The highest BCUT2D eigenvalue weighted by atomic mass is 16.3. The molecule has 2 N–H and O–H groups in total. The number of piperidine rings is 1. The van der Waals surface area contributed by atoms with Gasteiger partial charge in [-0.2, -0.15) is 0 Å². The minimum atomic E-state index is -0.451. The van der Waals surface area contributed by atoms with Crippen LogP contribution in [0.15, 0.2) is 29.1 Å². The molecule has 2 saturated heterocycles. The molecule has 6 nitrogen and oxygen atoms in total. The number of fused-ring (bicyclic) bond motifs is 3. The van der Waals surface area contributed by atoms with Gasteiger partial charge in [-0.25, -0.2) is 0 Å². The molecule has 2 unspecified atom stereocenters. The van der Waals surface area contributed by atoms with E-state index in [2.05, 4.69) is 24.2 Å². The Kier molecular flexibility index (Phi) is 5.15. The summed E-state index contributed by atoms with van der Waals surface area (Å²) in [5, 5.41) is 14.4. The molecule has 0 aliphatic carbocycles. The Morgan fingerprint density at radius 1 is 1.21 bits per heavy atom. The van der Waals surface area contributed by atoms with Gasteiger partial charge in [-0.1, -0.05) is 25.5 Å². The number of unbranched alkanes of at least 4 members (excludes halogenated alkanes) is 1. The molecule has 2 aliphatic heterocycles. The summed E-state index contributed by atoms with van der Waals surface area (Å²) in [7, 11) is 2.15. The highest BCUT2D eigenvalue weighted by molar-refractivity contribution is 6.02. The number of nitrogens with zero attached hydrogens (tertiary/aromatic N) is 2. The number of hydrogen-bond donors (Lipinski definition) is 2. The van der Waals surface area contributed by atoms with Gasteiger partial charge in [-0.05, 0) is 51.3 Å². The lowest BCUT2D eigenvalue weighted by atomic mass is 9.97. The Morgan fingerprint density at radius 2 is 1.89 bits per heavy atom. The molecule has 0 spiro atoms. The molecule has 0 radical (unpaired) electrons. The van der Waals surface area contributed by atoms with E-state index in [1.54, 1.807) is 10.6 Å². The van der Waals surface area contributed by atoms with Crippen molar-refractivity contribution in [1.82, 2.24) is 14.8 Å². The zero-order valence-electron chi connectivity index (χ0n) is 16.6. The van der Waals surface area contributed by atoms with Gasteiger partial charge >= 0.3 is 0 Å². The number of hydrogen-bond acceptors (Lipinski definition) is 4. The number of pyridine rings is 1. The van der Waals surface area contributed by atoms with Crippen LogP contribution in [0.2, 0.25) is 0 Å². The van der Waals surface area contributed by atoms with E-state index in [1.807, 2.05) is 18.2 Å². The SMILES string of the molecule is CCCCn1c(=O)c(C(=O)NC2CC3CCC(C2)N3C)c(O)c2ccccc21. The number of carbonyl (C=O) groups excluding carboxylic acids is 1. The van der Waals surface area contributed by atoms with Crippen LogP contribution in [-0.2, 0) is 6.54 Å². The Hall–Kier alpha value is -2.34. The molecule has 2 aliphatic rings. The molecule has 2 atom stereocenters. The second-order valence-corrected chi connectivity index (χ2v) is 8.24. The molecule has 2 bridgehead atoms. The smallest absolute Gasteiger partial charge is 0.267 e. The third kappa shape index (κ3) is 3.20. The van der Waals surface area contributed by atoms with Crippen molar-refractivity contribution in [3.05, 3.63) is 40.2 Å². The summed E-state index contributed by atoms with van der Waals surface area (Å²) in [4.78, 5) is 28.6. The molecular formula is C22H29N3O3. The summed E-state index contributed by atoms with van der Waals surface area (Å²) in [6, 6.07) is 8.29. The van der Waals surface area contributed by atoms with E-state index < -0.39 is 11.5 Å². The number of rotatable bonds is 5. The Morgan fingerprint density at radius 3 is 2.57 bits per heavy atom. The summed E-state index contributed by atoms with van der Waals surface area (Å²) >= 11 is 0. The van der Waals surface area contributed by atoms with Crippen LogP contribution in [-0.4, -0.2) is 45.7 Å². The van der Waals surface area contributed by atoms with Crippen LogP contribution in [0.5, 0.6) is 5.75 Å².